The van der Waals surface area contributed by atoms with Gasteiger partial charge >= 0.3 is 0 Å². The lowest BCUT2D eigenvalue weighted by molar-refractivity contribution is -0.114. The Bertz CT molecular complexity index is 719. The van der Waals surface area contributed by atoms with Crippen LogP contribution in [0.1, 0.15) is 0 Å². The Hall–Kier alpha value is -2.75. The molecule has 3 N–H and O–H groups in total. The molecule has 0 unspecified atom stereocenters. The Balaban J connectivity index is 1.61. The van der Waals surface area contributed by atoms with Gasteiger partial charge in [0.2, 0.25) is 5.91 Å². The van der Waals surface area contributed by atoms with Crippen LogP contribution in [0.25, 0.3) is 10.9 Å². The molecule has 0 atom stereocenters. The van der Waals surface area contributed by atoms with E-state index in [0.29, 0.717) is 0 Å². The number of nitrogens with one attached hydrogen (secondary N) is 3. The van der Waals surface area contributed by atoms with Gasteiger partial charge in [0.25, 0.3) is 0 Å². The van der Waals surface area contributed by atoms with Crippen LogP contribution in [0.15, 0.2) is 60.8 Å². The van der Waals surface area contributed by atoms with Crippen molar-refractivity contribution in [3.8, 4) is 0 Å². The van der Waals surface area contributed by atoms with Gasteiger partial charge in [0, 0.05) is 28.5 Å². The van der Waals surface area contributed by atoms with Crippen molar-refractivity contribution >= 4 is 28.2 Å². The zero-order valence-electron chi connectivity index (χ0n) is 10.9. The highest BCUT2D eigenvalue weighted by Gasteiger charge is 2.03. The van der Waals surface area contributed by atoms with E-state index in [2.05, 4.69) is 15.6 Å². The summed E-state index contributed by atoms with van der Waals surface area (Å²) in [6.45, 7) is 0.245. The van der Waals surface area contributed by atoms with Gasteiger partial charge in [0.15, 0.2) is 0 Å². The Morgan fingerprint density at radius 1 is 1.00 bits per heavy atom. The molecule has 3 rings (SSSR count). The van der Waals surface area contributed by atoms with E-state index in [4.69, 9.17) is 0 Å². The van der Waals surface area contributed by atoms with E-state index in [0.717, 1.165) is 22.3 Å². The van der Waals surface area contributed by atoms with Crippen LogP contribution in [0.3, 0.4) is 0 Å². The third-order valence-electron chi connectivity index (χ3n) is 3.06. The highest BCUT2D eigenvalue weighted by atomic mass is 16.1. The highest BCUT2D eigenvalue weighted by Crippen LogP contribution is 2.17. The summed E-state index contributed by atoms with van der Waals surface area (Å²) in [7, 11) is 0. The molecule has 1 amide bonds. The number of carbonyl (C=O) groups excluding carboxylic acids is 1. The molecule has 4 heteroatoms. The van der Waals surface area contributed by atoms with Gasteiger partial charge in [-0.15, -0.1) is 0 Å². The number of amides is 1. The van der Waals surface area contributed by atoms with Gasteiger partial charge in [0.1, 0.15) is 0 Å². The van der Waals surface area contributed by atoms with E-state index in [1.165, 1.54) is 0 Å². The average molecular weight is 265 g/mol. The topological polar surface area (TPSA) is 56.9 Å². The van der Waals surface area contributed by atoms with Crippen molar-refractivity contribution in [1.82, 2.24) is 4.98 Å². The number of aromatic amines is 1. The summed E-state index contributed by atoms with van der Waals surface area (Å²) in [5, 5.41) is 7.04. The van der Waals surface area contributed by atoms with Crippen LogP contribution in [0.5, 0.6) is 0 Å². The Kier molecular flexibility index (Phi) is 3.37. The number of para-hydroxylation sites is 1. The van der Waals surface area contributed by atoms with Crippen molar-refractivity contribution < 1.29 is 4.79 Å². The Morgan fingerprint density at radius 3 is 2.70 bits per heavy atom. The monoisotopic (exact) mass is 265 g/mol. The lowest BCUT2D eigenvalue weighted by Gasteiger charge is -2.07. The summed E-state index contributed by atoms with van der Waals surface area (Å²) in [6.07, 6.45) is 1.88. The number of carbonyl (C=O) groups is 1. The molecule has 1 aromatic heterocycles. The molecule has 0 radical (unpaired) electrons. The first kappa shape index (κ1) is 12.3. The van der Waals surface area contributed by atoms with Gasteiger partial charge in [-0.3, -0.25) is 4.79 Å². The first-order chi connectivity index (χ1) is 9.81. The predicted molar refractivity (Wildman–Crippen MR) is 81.9 cm³/mol. The number of aromatic nitrogens is 1. The second-order valence-electron chi connectivity index (χ2n) is 4.55. The molecule has 100 valence electrons. The third kappa shape index (κ3) is 2.80. The van der Waals surface area contributed by atoms with Gasteiger partial charge in [0.05, 0.1) is 6.54 Å². The standard InChI is InChI=1S/C16H15N3O/c20-16(11-18-13-4-2-1-3-5-13)19-14-6-7-15-12(10-14)8-9-17-15/h1-10,17-18H,11H2,(H,19,20). The fourth-order valence-electron chi connectivity index (χ4n) is 2.07. The largest absolute Gasteiger partial charge is 0.376 e. The molecule has 0 aliphatic carbocycles. The first-order valence-corrected chi connectivity index (χ1v) is 6.47. The maximum atomic E-state index is 11.9. The van der Waals surface area contributed by atoms with Crippen LogP contribution in [-0.2, 0) is 4.79 Å². The zero-order chi connectivity index (χ0) is 13.8. The molecule has 0 aliphatic heterocycles. The lowest BCUT2D eigenvalue weighted by Crippen LogP contribution is -2.21. The van der Waals surface area contributed by atoms with Crippen molar-refractivity contribution in [2.45, 2.75) is 0 Å². The van der Waals surface area contributed by atoms with Crippen LogP contribution >= 0.6 is 0 Å². The minimum atomic E-state index is -0.0660. The summed E-state index contributed by atoms with van der Waals surface area (Å²) in [5.74, 6) is -0.0660. The molecule has 3 aromatic rings. The molecule has 4 nitrogen and oxygen atoms in total. The predicted octanol–water partition coefficient (Wildman–Crippen LogP) is 3.22. The quantitative estimate of drug-likeness (QED) is 0.678. The normalized spacial score (nSPS) is 10.4. The van der Waals surface area contributed by atoms with E-state index in [1.54, 1.807) is 0 Å². The molecule has 0 bridgehead atoms. The fourth-order valence-corrected chi connectivity index (χ4v) is 2.07. The van der Waals surface area contributed by atoms with Crippen LogP contribution in [0, 0.1) is 0 Å². The first-order valence-electron chi connectivity index (χ1n) is 6.47. The highest BCUT2D eigenvalue weighted by molar-refractivity contribution is 5.96. The minimum Gasteiger partial charge on any atom is -0.376 e. The molecule has 0 fully saturated rings. The van der Waals surface area contributed by atoms with Gasteiger partial charge in [-0.2, -0.15) is 0 Å². The Labute approximate surface area is 116 Å². The number of benzene rings is 2. The molecule has 0 aliphatic rings. The van der Waals surface area contributed by atoms with Crippen molar-refractivity contribution in [1.29, 1.82) is 0 Å². The maximum absolute atomic E-state index is 11.9. The van der Waals surface area contributed by atoms with Crippen molar-refractivity contribution in [3.63, 3.8) is 0 Å². The summed E-state index contributed by atoms with van der Waals surface area (Å²) >= 11 is 0. The third-order valence-corrected chi connectivity index (χ3v) is 3.06. The van der Waals surface area contributed by atoms with Crippen molar-refractivity contribution in [2.24, 2.45) is 0 Å². The van der Waals surface area contributed by atoms with Gasteiger partial charge in [-0.1, -0.05) is 18.2 Å². The van der Waals surface area contributed by atoms with Gasteiger partial charge < -0.3 is 15.6 Å². The average Bonchev–Trinajstić information content (AvgIpc) is 2.94. The number of fused-ring (bicyclic) bond motifs is 1. The number of anilines is 2. The molecule has 20 heavy (non-hydrogen) atoms. The molecule has 2 aromatic carbocycles. The second kappa shape index (κ2) is 5.48. The molecule has 0 spiro atoms. The molecule has 0 saturated heterocycles. The van der Waals surface area contributed by atoms with E-state index in [-0.39, 0.29) is 12.5 Å². The summed E-state index contributed by atoms with van der Waals surface area (Å²) in [6, 6.07) is 17.4. The Morgan fingerprint density at radius 2 is 1.85 bits per heavy atom. The molecular weight excluding hydrogens is 250 g/mol. The zero-order valence-corrected chi connectivity index (χ0v) is 10.9. The summed E-state index contributed by atoms with van der Waals surface area (Å²) in [4.78, 5) is 15.0. The minimum absolute atomic E-state index is 0.0660. The fraction of sp³-hybridized carbons (Fsp3) is 0.0625. The van der Waals surface area contributed by atoms with E-state index < -0.39 is 0 Å². The van der Waals surface area contributed by atoms with Crippen LogP contribution in [0.4, 0.5) is 11.4 Å². The number of H-pyrrole nitrogens is 1. The summed E-state index contributed by atoms with van der Waals surface area (Å²) < 4.78 is 0. The molecule has 1 heterocycles. The molecular formula is C16H15N3O. The smallest absolute Gasteiger partial charge is 0.243 e. The summed E-state index contributed by atoms with van der Waals surface area (Å²) in [5.41, 5.74) is 2.80. The van der Waals surface area contributed by atoms with E-state index >= 15 is 0 Å². The van der Waals surface area contributed by atoms with Crippen LogP contribution < -0.4 is 10.6 Å². The van der Waals surface area contributed by atoms with Crippen LogP contribution in [0.2, 0.25) is 0 Å². The number of rotatable bonds is 4. The van der Waals surface area contributed by atoms with E-state index in [1.807, 2.05) is 60.8 Å². The lowest BCUT2D eigenvalue weighted by atomic mass is 10.2. The van der Waals surface area contributed by atoms with E-state index in [9.17, 15) is 4.79 Å². The second-order valence-corrected chi connectivity index (χ2v) is 4.55. The van der Waals surface area contributed by atoms with Gasteiger partial charge in [-0.05, 0) is 36.4 Å². The van der Waals surface area contributed by atoms with Crippen LogP contribution in [-0.4, -0.2) is 17.4 Å². The molecule has 0 saturated carbocycles. The van der Waals surface area contributed by atoms with Crippen molar-refractivity contribution in [3.05, 3.63) is 60.8 Å². The van der Waals surface area contributed by atoms with Gasteiger partial charge in [-0.25, -0.2) is 0 Å². The number of hydrogen-bond donors (Lipinski definition) is 3. The SMILES string of the molecule is O=C(CNc1ccccc1)Nc1ccc2[nH]ccc2c1. The number of hydrogen-bond acceptors (Lipinski definition) is 2. The van der Waals surface area contributed by atoms with Crippen molar-refractivity contribution in [2.75, 3.05) is 17.2 Å². The maximum Gasteiger partial charge on any atom is 0.243 e.